The number of hydrogen-bond acceptors (Lipinski definition) is 4. The van der Waals surface area contributed by atoms with Crippen LogP contribution in [0.3, 0.4) is 0 Å². The Bertz CT molecular complexity index is 678. The number of nitrogens with zero attached hydrogens (tertiary/aromatic N) is 2. The fourth-order valence-corrected chi connectivity index (χ4v) is 7.54. The maximum absolute atomic E-state index is 13.5. The van der Waals surface area contributed by atoms with Gasteiger partial charge in [-0.25, -0.2) is 0 Å². The van der Waals surface area contributed by atoms with E-state index in [9.17, 15) is 14.7 Å². The van der Waals surface area contributed by atoms with Gasteiger partial charge in [-0.1, -0.05) is 12.8 Å². The van der Waals surface area contributed by atoms with Crippen molar-refractivity contribution in [3.63, 3.8) is 0 Å². The van der Waals surface area contributed by atoms with Gasteiger partial charge in [0.1, 0.15) is 0 Å². The van der Waals surface area contributed by atoms with Crippen molar-refractivity contribution < 1.29 is 19.8 Å². The van der Waals surface area contributed by atoms with Gasteiger partial charge in [0.15, 0.2) is 0 Å². The van der Waals surface area contributed by atoms with Gasteiger partial charge >= 0.3 is 11.9 Å². The Balaban J connectivity index is 2.52. The number of unbranched alkanes of at least 4 members (excludes halogenated alkanes) is 2. The first-order valence-corrected chi connectivity index (χ1v) is 13.2. The van der Waals surface area contributed by atoms with Gasteiger partial charge in [-0.2, -0.15) is 0 Å². The molecule has 2 heterocycles. The standard InChI is InChI=1S/C28H52N2O4/c1-24(2)16-20(17-25(3,4)29(24)9)28(23(33)34,15-13-11-12-14-22(31)32)21-18-26(5,6)30(10)27(7,8)19-21/h20-21H,11-19H2,1-10H3,(H,31,32)(H,33,34). The quantitative estimate of drug-likeness (QED) is 0.401. The number of carboxylic acids is 2. The number of likely N-dealkylation sites (tertiary alicyclic amines) is 2. The molecule has 0 unspecified atom stereocenters. The molecule has 2 saturated heterocycles. The minimum Gasteiger partial charge on any atom is -0.481 e. The second-order valence-electron chi connectivity index (χ2n) is 13.9. The molecule has 6 heteroatoms. The van der Waals surface area contributed by atoms with E-state index < -0.39 is 17.4 Å². The lowest BCUT2D eigenvalue weighted by atomic mass is 9.52. The van der Waals surface area contributed by atoms with Crippen molar-refractivity contribution in [2.45, 2.75) is 135 Å². The third-order valence-corrected chi connectivity index (χ3v) is 9.95. The lowest BCUT2D eigenvalue weighted by Gasteiger charge is -2.61. The predicted octanol–water partition coefficient (Wildman–Crippen LogP) is 5.89. The summed E-state index contributed by atoms with van der Waals surface area (Å²) in [7, 11) is 4.35. The van der Waals surface area contributed by atoms with Gasteiger partial charge in [0.25, 0.3) is 0 Å². The van der Waals surface area contributed by atoms with Gasteiger partial charge in [0.2, 0.25) is 0 Å². The van der Waals surface area contributed by atoms with Gasteiger partial charge in [-0.3, -0.25) is 19.4 Å². The minimum atomic E-state index is -0.811. The summed E-state index contributed by atoms with van der Waals surface area (Å²) in [5.41, 5.74) is -1.17. The second-order valence-corrected chi connectivity index (χ2v) is 13.9. The zero-order valence-corrected chi connectivity index (χ0v) is 23.6. The number of hydrogen-bond donors (Lipinski definition) is 2. The molecule has 0 aliphatic carbocycles. The van der Waals surface area contributed by atoms with Crippen LogP contribution in [0.25, 0.3) is 0 Å². The molecule has 6 nitrogen and oxygen atoms in total. The molecule has 0 amide bonds. The molecule has 0 aromatic rings. The van der Waals surface area contributed by atoms with Gasteiger partial charge in [0, 0.05) is 28.6 Å². The van der Waals surface area contributed by atoms with E-state index in [0.717, 1.165) is 38.5 Å². The highest BCUT2D eigenvalue weighted by Gasteiger charge is 2.60. The van der Waals surface area contributed by atoms with Crippen molar-refractivity contribution in [3.05, 3.63) is 0 Å². The molecule has 0 atom stereocenters. The van der Waals surface area contributed by atoms with E-state index in [0.29, 0.717) is 12.8 Å². The van der Waals surface area contributed by atoms with Crippen LogP contribution in [0.5, 0.6) is 0 Å². The Morgan fingerprint density at radius 2 is 1.06 bits per heavy atom. The Labute approximate surface area is 208 Å². The summed E-state index contributed by atoms with van der Waals surface area (Å²) in [5, 5.41) is 20.1. The Morgan fingerprint density at radius 1 is 0.706 bits per heavy atom. The first kappa shape index (κ1) is 29.1. The average molecular weight is 481 g/mol. The SMILES string of the molecule is CN1C(C)(C)CC(C(CCCCCC(=O)O)(C(=O)O)C2CC(C)(C)N(C)C(C)(C)C2)CC1(C)C. The molecule has 0 radical (unpaired) electrons. The van der Waals surface area contributed by atoms with E-state index >= 15 is 0 Å². The van der Waals surface area contributed by atoms with Crippen LogP contribution in [0, 0.1) is 17.3 Å². The molecule has 34 heavy (non-hydrogen) atoms. The van der Waals surface area contributed by atoms with Crippen LogP contribution < -0.4 is 0 Å². The summed E-state index contributed by atoms with van der Waals surface area (Å²) in [6.45, 7) is 18.0. The fraction of sp³-hybridized carbons (Fsp3) is 0.929. The fourth-order valence-electron chi connectivity index (χ4n) is 7.54. The maximum Gasteiger partial charge on any atom is 0.310 e. The largest absolute Gasteiger partial charge is 0.481 e. The molecule has 0 saturated carbocycles. The van der Waals surface area contributed by atoms with E-state index in [1.807, 2.05) is 0 Å². The summed E-state index contributed by atoms with van der Waals surface area (Å²) in [4.78, 5) is 29.3. The Hall–Kier alpha value is -1.14. The van der Waals surface area contributed by atoms with Crippen molar-refractivity contribution in [2.75, 3.05) is 14.1 Å². The van der Waals surface area contributed by atoms with E-state index in [1.165, 1.54) is 0 Å². The highest BCUT2D eigenvalue weighted by Crippen LogP contribution is 2.58. The van der Waals surface area contributed by atoms with Crippen molar-refractivity contribution in [1.82, 2.24) is 9.80 Å². The molecular formula is C28H52N2O4. The van der Waals surface area contributed by atoms with Crippen molar-refractivity contribution >= 4 is 11.9 Å². The average Bonchev–Trinajstić information content (AvgIpc) is 2.65. The van der Waals surface area contributed by atoms with Gasteiger partial charge < -0.3 is 10.2 Å². The molecular weight excluding hydrogens is 428 g/mol. The first-order chi connectivity index (χ1) is 15.3. The lowest BCUT2D eigenvalue weighted by molar-refractivity contribution is -0.176. The topological polar surface area (TPSA) is 81.1 Å². The van der Waals surface area contributed by atoms with Crippen molar-refractivity contribution in [1.29, 1.82) is 0 Å². The van der Waals surface area contributed by atoms with E-state index in [-0.39, 0.29) is 40.4 Å². The predicted molar refractivity (Wildman–Crippen MR) is 138 cm³/mol. The zero-order chi connectivity index (χ0) is 26.3. The third-order valence-electron chi connectivity index (χ3n) is 9.95. The lowest BCUT2D eigenvalue weighted by Crippen LogP contribution is -2.65. The van der Waals surface area contributed by atoms with Crippen LogP contribution in [-0.2, 0) is 9.59 Å². The second kappa shape index (κ2) is 9.72. The van der Waals surface area contributed by atoms with Crippen LogP contribution >= 0.6 is 0 Å². The number of piperidine rings is 2. The number of rotatable bonds is 9. The molecule has 0 bridgehead atoms. The van der Waals surface area contributed by atoms with Crippen molar-refractivity contribution in [3.8, 4) is 0 Å². The zero-order valence-electron chi connectivity index (χ0n) is 23.6. The highest BCUT2D eigenvalue weighted by atomic mass is 16.4. The van der Waals surface area contributed by atoms with Crippen LogP contribution in [0.4, 0.5) is 0 Å². The summed E-state index contributed by atoms with van der Waals surface area (Å²) >= 11 is 0. The molecule has 2 aliphatic rings. The first-order valence-electron chi connectivity index (χ1n) is 13.2. The summed E-state index contributed by atoms with van der Waals surface area (Å²) in [6, 6.07) is 0. The molecule has 0 aromatic heterocycles. The smallest absolute Gasteiger partial charge is 0.310 e. The van der Waals surface area contributed by atoms with E-state index in [1.54, 1.807) is 0 Å². The number of aliphatic carboxylic acids is 2. The third kappa shape index (κ3) is 5.64. The van der Waals surface area contributed by atoms with Gasteiger partial charge in [-0.15, -0.1) is 0 Å². The molecule has 198 valence electrons. The van der Waals surface area contributed by atoms with Crippen LogP contribution in [0.15, 0.2) is 0 Å². The Kier molecular flexibility index (Phi) is 8.32. The van der Waals surface area contributed by atoms with Crippen molar-refractivity contribution in [2.24, 2.45) is 17.3 Å². The number of carbonyl (C=O) groups is 2. The molecule has 2 aliphatic heterocycles. The molecule has 2 N–H and O–H groups in total. The summed E-state index contributed by atoms with van der Waals surface area (Å²) in [5.74, 6) is -1.27. The molecule has 2 rings (SSSR count). The molecule has 0 spiro atoms. The highest BCUT2D eigenvalue weighted by molar-refractivity contribution is 5.76. The van der Waals surface area contributed by atoms with Crippen LogP contribution in [0.2, 0.25) is 0 Å². The normalized spacial score (nSPS) is 25.8. The van der Waals surface area contributed by atoms with E-state index in [4.69, 9.17) is 5.11 Å². The summed E-state index contributed by atoms with van der Waals surface area (Å²) in [6.07, 6.45) is 6.37. The monoisotopic (exact) mass is 480 g/mol. The maximum atomic E-state index is 13.5. The van der Waals surface area contributed by atoms with Gasteiger partial charge in [0.05, 0.1) is 5.41 Å². The minimum absolute atomic E-state index is 0.0747. The molecule has 0 aromatic carbocycles. The van der Waals surface area contributed by atoms with E-state index in [2.05, 4.69) is 79.3 Å². The summed E-state index contributed by atoms with van der Waals surface area (Å²) < 4.78 is 0. The molecule has 2 fully saturated rings. The van der Waals surface area contributed by atoms with Crippen LogP contribution in [-0.4, -0.2) is 68.2 Å². The van der Waals surface area contributed by atoms with Crippen LogP contribution in [0.1, 0.15) is 113 Å². The van der Waals surface area contributed by atoms with Gasteiger partial charge in [-0.05, 0) is 120 Å². The number of carboxylic acid groups (broad SMARTS) is 2. The Morgan fingerprint density at radius 3 is 1.35 bits per heavy atom.